The van der Waals surface area contributed by atoms with Crippen LogP contribution in [0.2, 0.25) is 10.0 Å². The van der Waals surface area contributed by atoms with Crippen molar-refractivity contribution in [1.29, 1.82) is 0 Å². The maximum absolute atomic E-state index is 11.4. The molecule has 0 saturated heterocycles. The lowest BCUT2D eigenvalue weighted by molar-refractivity contribution is 0.101. The van der Waals surface area contributed by atoms with E-state index in [0.717, 1.165) is 24.2 Å². The zero-order chi connectivity index (χ0) is 19.8. The topological polar surface area (TPSA) is 99.9 Å². The van der Waals surface area contributed by atoms with E-state index in [1.54, 1.807) is 24.3 Å². The lowest BCUT2D eigenvalue weighted by Gasteiger charge is -2.11. The first kappa shape index (κ1) is 20.9. The molecule has 144 valence electrons. The molecule has 2 aromatic carbocycles. The molecule has 0 radical (unpaired) electrons. The predicted molar refractivity (Wildman–Crippen MR) is 108 cm³/mol. The van der Waals surface area contributed by atoms with Crippen LogP contribution in [-0.2, 0) is 0 Å². The molecule has 2 aromatic rings. The van der Waals surface area contributed by atoms with Gasteiger partial charge >= 0.3 is 0 Å². The fraction of sp³-hybridized carbons (Fsp3) is 0.263. The minimum absolute atomic E-state index is 0.142. The van der Waals surface area contributed by atoms with Gasteiger partial charge in [0, 0.05) is 11.1 Å². The zero-order valence-corrected chi connectivity index (χ0v) is 16.4. The van der Waals surface area contributed by atoms with Gasteiger partial charge in [0.2, 0.25) is 0 Å². The maximum Gasteiger partial charge on any atom is 0.161 e. The van der Waals surface area contributed by atoms with E-state index in [-0.39, 0.29) is 21.7 Å². The Morgan fingerprint density at radius 2 is 1.63 bits per heavy atom. The monoisotopic (exact) mass is 409 g/mol. The van der Waals surface area contributed by atoms with Crippen molar-refractivity contribution >= 4 is 34.8 Å². The van der Waals surface area contributed by atoms with Crippen LogP contribution in [0.15, 0.2) is 41.5 Å². The molecule has 0 fully saturated rings. The molecule has 0 amide bonds. The van der Waals surface area contributed by atoms with Gasteiger partial charge in [-0.05, 0) is 56.2 Å². The van der Waals surface area contributed by atoms with Crippen LogP contribution in [0.5, 0.6) is 11.5 Å². The van der Waals surface area contributed by atoms with E-state index in [2.05, 4.69) is 5.10 Å². The molecule has 27 heavy (non-hydrogen) atoms. The lowest BCUT2D eigenvalue weighted by Crippen LogP contribution is -2.15. The van der Waals surface area contributed by atoms with Crippen LogP contribution in [0.4, 0.5) is 0 Å². The molecule has 8 heteroatoms. The van der Waals surface area contributed by atoms with Crippen molar-refractivity contribution < 1.29 is 14.3 Å². The number of carbonyl (C=O) groups is 1. The number of nitrogens with zero attached hydrogens (tertiary/aromatic N) is 1. The largest absolute Gasteiger partial charge is 0.494 e. The van der Waals surface area contributed by atoms with Gasteiger partial charge in [-0.3, -0.25) is 4.79 Å². The first-order chi connectivity index (χ1) is 12.9. The van der Waals surface area contributed by atoms with Gasteiger partial charge in [-0.1, -0.05) is 23.2 Å². The number of amidine groups is 1. The fourth-order valence-electron chi connectivity index (χ4n) is 2.29. The van der Waals surface area contributed by atoms with Crippen molar-refractivity contribution in [2.45, 2.75) is 19.8 Å². The summed E-state index contributed by atoms with van der Waals surface area (Å²) < 4.78 is 11.3. The highest BCUT2D eigenvalue weighted by Crippen LogP contribution is 2.35. The minimum Gasteiger partial charge on any atom is -0.494 e. The third-order valence-corrected chi connectivity index (χ3v) is 4.64. The van der Waals surface area contributed by atoms with Crippen LogP contribution >= 0.6 is 23.2 Å². The van der Waals surface area contributed by atoms with Crippen LogP contribution in [0, 0.1) is 0 Å². The van der Waals surface area contributed by atoms with Gasteiger partial charge in [-0.25, -0.2) is 0 Å². The number of ether oxygens (including phenoxy) is 2. The third-order valence-electron chi connectivity index (χ3n) is 3.78. The number of rotatable bonds is 9. The number of Topliss-reactive ketones (excluding diaryl/α,β-unsaturated/α-hetero) is 1. The van der Waals surface area contributed by atoms with Crippen molar-refractivity contribution in [1.82, 2.24) is 0 Å². The summed E-state index contributed by atoms with van der Waals surface area (Å²) in [7, 11) is 0. The Labute approximate surface area is 168 Å². The molecular formula is C19H21Cl2N3O3. The van der Waals surface area contributed by atoms with E-state index < -0.39 is 0 Å². The number of carbonyl (C=O) groups excluding carboxylic acids is 1. The molecule has 0 saturated carbocycles. The van der Waals surface area contributed by atoms with Crippen molar-refractivity contribution in [2.75, 3.05) is 13.2 Å². The molecule has 0 aromatic heterocycles. The second kappa shape index (κ2) is 10.0. The SMILES string of the molecule is CC(=O)c1ccc(OCCCCOc2ccc(/C(N)=N/N)cc2)c(Cl)c1Cl. The average Bonchev–Trinajstić information content (AvgIpc) is 2.67. The number of hydrazone groups is 1. The number of ketones is 1. The van der Waals surface area contributed by atoms with Crippen molar-refractivity contribution in [3.8, 4) is 11.5 Å². The Morgan fingerprint density at radius 1 is 1.00 bits per heavy atom. The van der Waals surface area contributed by atoms with Gasteiger partial charge in [0.1, 0.15) is 22.4 Å². The Kier molecular flexibility index (Phi) is 7.76. The Bertz CT molecular complexity index is 824. The molecule has 0 heterocycles. The quantitative estimate of drug-likeness (QED) is 0.163. The number of halogens is 2. The summed E-state index contributed by atoms with van der Waals surface area (Å²) in [5, 5.41) is 3.91. The van der Waals surface area contributed by atoms with Gasteiger partial charge in [0.15, 0.2) is 5.78 Å². The molecular weight excluding hydrogens is 389 g/mol. The Balaban J connectivity index is 1.73. The van der Waals surface area contributed by atoms with Crippen molar-refractivity contribution in [3.63, 3.8) is 0 Å². The van der Waals surface area contributed by atoms with Crippen LogP contribution in [0.1, 0.15) is 35.7 Å². The molecule has 0 spiro atoms. The first-order valence-corrected chi connectivity index (χ1v) is 9.08. The predicted octanol–water partition coefficient (Wildman–Crippen LogP) is 4.01. The highest BCUT2D eigenvalue weighted by molar-refractivity contribution is 6.44. The number of hydrogen-bond donors (Lipinski definition) is 2. The Hall–Kier alpha value is -2.44. The van der Waals surface area contributed by atoms with E-state index in [1.165, 1.54) is 6.92 Å². The zero-order valence-electron chi connectivity index (χ0n) is 14.9. The van der Waals surface area contributed by atoms with Crippen LogP contribution in [0.25, 0.3) is 0 Å². The van der Waals surface area contributed by atoms with Gasteiger partial charge in [0.05, 0.1) is 18.2 Å². The molecule has 0 aliphatic carbocycles. The van der Waals surface area contributed by atoms with Crippen LogP contribution in [-0.4, -0.2) is 24.8 Å². The van der Waals surface area contributed by atoms with Crippen LogP contribution in [0.3, 0.4) is 0 Å². The molecule has 0 aliphatic rings. The molecule has 2 rings (SSSR count). The second-order valence-corrected chi connectivity index (χ2v) is 6.49. The minimum atomic E-state index is -0.142. The number of benzene rings is 2. The van der Waals surface area contributed by atoms with E-state index in [1.807, 2.05) is 12.1 Å². The van der Waals surface area contributed by atoms with E-state index in [0.29, 0.717) is 24.5 Å². The smallest absolute Gasteiger partial charge is 0.161 e. The van der Waals surface area contributed by atoms with Gasteiger partial charge in [-0.15, -0.1) is 0 Å². The van der Waals surface area contributed by atoms with Crippen molar-refractivity contribution in [3.05, 3.63) is 57.6 Å². The molecule has 6 nitrogen and oxygen atoms in total. The summed E-state index contributed by atoms with van der Waals surface area (Å²) in [4.78, 5) is 11.4. The average molecular weight is 410 g/mol. The highest BCUT2D eigenvalue weighted by atomic mass is 35.5. The Morgan fingerprint density at radius 3 is 2.22 bits per heavy atom. The summed E-state index contributed by atoms with van der Waals surface area (Å²) in [5.41, 5.74) is 6.75. The standard InChI is InChI=1S/C19H21Cl2N3O3/c1-12(25)15-8-9-16(18(21)17(15)20)27-11-3-2-10-26-14-6-4-13(5-7-14)19(22)24-23/h4-9H,2-3,10-11,23H2,1H3,(H2,22,24). The van der Waals surface area contributed by atoms with E-state index in [4.69, 9.17) is 44.3 Å². The fourth-order valence-corrected chi connectivity index (χ4v) is 2.80. The van der Waals surface area contributed by atoms with E-state index >= 15 is 0 Å². The van der Waals surface area contributed by atoms with Gasteiger partial charge in [0.25, 0.3) is 0 Å². The van der Waals surface area contributed by atoms with Crippen LogP contribution < -0.4 is 21.1 Å². The van der Waals surface area contributed by atoms with Crippen molar-refractivity contribution in [2.24, 2.45) is 16.7 Å². The second-order valence-electron chi connectivity index (χ2n) is 5.74. The number of unbranched alkanes of at least 4 members (excludes halogenated alkanes) is 1. The maximum atomic E-state index is 11.4. The lowest BCUT2D eigenvalue weighted by atomic mass is 10.1. The van der Waals surface area contributed by atoms with Gasteiger partial charge < -0.3 is 21.1 Å². The van der Waals surface area contributed by atoms with E-state index in [9.17, 15) is 4.79 Å². The number of hydrogen-bond acceptors (Lipinski definition) is 5. The van der Waals surface area contributed by atoms with Gasteiger partial charge in [-0.2, -0.15) is 5.10 Å². The first-order valence-electron chi connectivity index (χ1n) is 8.32. The summed E-state index contributed by atoms with van der Waals surface area (Å²) in [5.74, 6) is 6.46. The molecule has 0 aliphatic heterocycles. The summed E-state index contributed by atoms with van der Waals surface area (Å²) in [6.45, 7) is 2.44. The third kappa shape index (κ3) is 5.77. The molecule has 0 unspecified atom stereocenters. The summed E-state index contributed by atoms with van der Waals surface area (Å²) in [6, 6.07) is 10.5. The molecule has 0 atom stereocenters. The highest BCUT2D eigenvalue weighted by Gasteiger charge is 2.13. The molecule has 0 bridgehead atoms. The number of nitrogens with two attached hydrogens (primary N) is 2. The molecule has 4 N–H and O–H groups in total. The normalized spacial score (nSPS) is 11.3. The summed E-state index contributed by atoms with van der Waals surface area (Å²) in [6.07, 6.45) is 1.57. The summed E-state index contributed by atoms with van der Waals surface area (Å²) >= 11 is 12.2.